The third kappa shape index (κ3) is 5.26. The van der Waals surface area contributed by atoms with Gasteiger partial charge in [-0.1, -0.05) is 41.9 Å². The molecule has 0 fully saturated rings. The Balaban J connectivity index is 1.48. The number of benzene rings is 3. The fraction of sp³-hybridized carbons (Fsp3) is 0.172. The van der Waals surface area contributed by atoms with Gasteiger partial charge in [-0.25, -0.2) is 9.18 Å². The van der Waals surface area contributed by atoms with E-state index in [1.54, 1.807) is 12.1 Å². The number of ketones is 1. The number of carboxylic acids is 1. The third-order valence-electron chi connectivity index (χ3n) is 6.92. The van der Waals surface area contributed by atoms with E-state index in [2.05, 4.69) is 15.5 Å². The smallest absolute Gasteiger partial charge is 0.335 e. The summed E-state index contributed by atoms with van der Waals surface area (Å²) < 4.78 is 16.3. The number of aromatic nitrogens is 4. The molecule has 202 valence electrons. The molecule has 0 radical (unpaired) electrons. The minimum Gasteiger partial charge on any atom is -0.478 e. The molecule has 11 heteroatoms. The lowest BCUT2D eigenvalue weighted by Gasteiger charge is -2.36. The van der Waals surface area contributed by atoms with Gasteiger partial charge in [-0.05, 0) is 76.4 Å². The Morgan fingerprint density at radius 1 is 1.12 bits per heavy atom. The van der Waals surface area contributed by atoms with E-state index in [0.717, 1.165) is 16.7 Å². The van der Waals surface area contributed by atoms with Crippen molar-refractivity contribution in [3.8, 4) is 5.69 Å². The summed E-state index contributed by atoms with van der Waals surface area (Å²) in [6.07, 6.45) is 4.37. The summed E-state index contributed by atoms with van der Waals surface area (Å²) in [7, 11) is 0. The quantitative estimate of drug-likeness (QED) is 0.333. The third-order valence-corrected chi connectivity index (χ3v) is 7.21. The summed E-state index contributed by atoms with van der Waals surface area (Å²) in [6.45, 7) is 2.25. The van der Waals surface area contributed by atoms with Crippen LogP contribution in [-0.4, -0.2) is 54.4 Å². The molecule has 9 nitrogen and oxygen atoms in total. The van der Waals surface area contributed by atoms with E-state index in [-0.39, 0.29) is 40.6 Å². The standard InChI is InChI=1S/C29H23ClFN5O4/c1-17-3-2-4-21-20(17)13-14-35(28(21)25(37)15-18-5-7-19(8-6-18)29(39)40)26(38)12-9-22-24(36-16-32-33-34-36)11-10-23(30)27(22)31/h2-12,16,28H,13-15H2,1H3,(H,39,40)/b12-9+. The Bertz CT molecular complexity index is 1640. The molecule has 1 aliphatic rings. The van der Waals surface area contributed by atoms with Gasteiger partial charge in [0.1, 0.15) is 12.4 Å². The molecule has 1 aliphatic heterocycles. The number of amides is 1. The number of rotatable bonds is 7. The highest BCUT2D eigenvalue weighted by Crippen LogP contribution is 2.34. The van der Waals surface area contributed by atoms with Crippen molar-refractivity contribution in [1.82, 2.24) is 25.1 Å². The zero-order chi connectivity index (χ0) is 28.4. The predicted octanol–water partition coefficient (Wildman–Crippen LogP) is 4.41. The molecule has 0 aliphatic carbocycles. The SMILES string of the molecule is Cc1cccc2c1CCN(C(=O)/C=C/c1c(-n3cnnn3)ccc(Cl)c1F)C2C(=O)Cc1ccc(C(=O)O)cc1. The summed E-state index contributed by atoms with van der Waals surface area (Å²) in [6, 6.07) is 13.8. The van der Waals surface area contributed by atoms with E-state index in [1.807, 2.05) is 25.1 Å². The van der Waals surface area contributed by atoms with Gasteiger partial charge in [0.25, 0.3) is 0 Å². The van der Waals surface area contributed by atoms with Crippen molar-refractivity contribution in [2.24, 2.45) is 0 Å². The maximum absolute atomic E-state index is 15.0. The van der Waals surface area contributed by atoms with Crippen LogP contribution in [0.25, 0.3) is 11.8 Å². The van der Waals surface area contributed by atoms with Crippen molar-refractivity contribution in [2.75, 3.05) is 6.54 Å². The van der Waals surface area contributed by atoms with Crippen LogP contribution in [0.15, 0.2) is 67.0 Å². The number of hydrogen-bond acceptors (Lipinski definition) is 6. The maximum atomic E-state index is 15.0. The summed E-state index contributed by atoms with van der Waals surface area (Å²) in [5.74, 6) is -2.50. The van der Waals surface area contributed by atoms with Crippen molar-refractivity contribution in [2.45, 2.75) is 25.8 Å². The molecule has 40 heavy (non-hydrogen) atoms. The summed E-state index contributed by atoms with van der Waals surface area (Å²) in [4.78, 5) is 40.0. The molecular formula is C29H23ClFN5O4. The normalized spacial score (nSPS) is 14.8. The minimum atomic E-state index is -1.06. The van der Waals surface area contributed by atoms with Gasteiger partial charge in [-0.2, -0.15) is 4.68 Å². The molecule has 1 atom stereocenters. The van der Waals surface area contributed by atoms with E-state index in [9.17, 15) is 14.4 Å². The average molecular weight is 560 g/mol. The molecule has 5 rings (SSSR count). The number of tetrazole rings is 1. The molecule has 4 aromatic rings. The summed E-state index contributed by atoms with van der Waals surface area (Å²) >= 11 is 6.01. The molecule has 1 amide bonds. The topological polar surface area (TPSA) is 118 Å². The molecule has 1 N–H and O–H groups in total. The predicted molar refractivity (Wildman–Crippen MR) is 145 cm³/mol. The molecule has 3 aromatic carbocycles. The number of halogens is 2. The van der Waals surface area contributed by atoms with E-state index in [1.165, 1.54) is 52.3 Å². The molecule has 0 saturated heterocycles. The van der Waals surface area contributed by atoms with Crippen molar-refractivity contribution < 1.29 is 23.9 Å². The van der Waals surface area contributed by atoms with Crippen molar-refractivity contribution in [3.63, 3.8) is 0 Å². The molecule has 1 unspecified atom stereocenters. The maximum Gasteiger partial charge on any atom is 0.335 e. The van der Waals surface area contributed by atoms with E-state index < -0.39 is 23.7 Å². The van der Waals surface area contributed by atoms with Crippen LogP contribution in [0.2, 0.25) is 5.02 Å². The van der Waals surface area contributed by atoms with Crippen molar-refractivity contribution >= 4 is 35.3 Å². The van der Waals surface area contributed by atoms with E-state index in [0.29, 0.717) is 12.0 Å². The van der Waals surface area contributed by atoms with Crippen LogP contribution in [-0.2, 0) is 22.4 Å². The first-order valence-electron chi connectivity index (χ1n) is 12.4. The molecular weight excluding hydrogens is 537 g/mol. The Morgan fingerprint density at radius 3 is 2.60 bits per heavy atom. The summed E-state index contributed by atoms with van der Waals surface area (Å²) in [5.41, 5.74) is 3.82. The van der Waals surface area contributed by atoms with Gasteiger partial charge in [-0.15, -0.1) is 5.10 Å². The highest BCUT2D eigenvalue weighted by atomic mass is 35.5. The molecule has 0 saturated carbocycles. The highest BCUT2D eigenvalue weighted by molar-refractivity contribution is 6.31. The first-order chi connectivity index (χ1) is 19.2. The molecule has 2 heterocycles. The highest BCUT2D eigenvalue weighted by Gasteiger charge is 2.35. The first kappa shape index (κ1) is 26.9. The zero-order valence-corrected chi connectivity index (χ0v) is 22.0. The van der Waals surface area contributed by atoms with Crippen LogP contribution >= 0.6 is 11.6 Å². The van der Waals surface area contributed by atoms with Gasteiger partial charge in [0.2, 0.25) is 5.91 Å². The van der Waals surface area contributed by atoms with Crippen LogP contribution in [0, 0.1) is 12.7 Å². The number of hydrogen-bond donors (Lipinski definition) is 1. The van der Waals surface area contributed by atoms with E-state index in [4.69, 9.17) is 16.7 Å². The second-order valence-electron chi connectivity index (χ2n) is 9.35. The number of carboxylic acid groups (broad SMARTS) is 1. The number of aromatic carboxylic acids is 1. The largest absolute Gasteiger partial charge is 0.478 e. The summed E-state index contributed by atoms with van der Waals surface area (Å²) in [5, 5.41) is 20.0. The van der Waals surface area contributed by atoms with Crippen LogP contribution in [0.1, 0.15) is 44.2 Å². The lowest BCUT2D eigenvalue weighted by molar-refractivity contribution is -0.136. The number of fused-ring (bicyclic) bond motifs is 1. The second kappa shape index (κ2) is 11.2. The van der Waals surface area contributed by atoms with E-state index >= 15 is 4.39 Å². The number of carbonyl (C=O) groups is 3. The van der Waals surface area contributed by atoms with Crippen LogP contribution in [0.5, 0.6) is 0 Å². The van der Waals surface area contributed by atoms with Gasteiger partial charge in [0.15, 0.2) is 11.6 Å². The van der Waals surface area contributed by atoms with Gasteiger partial charge in [0, 0.05) is 24.6 Å². The average Bonchev–Trinajstić information content (AvgIpc) is 3.48. The second-order valence-corrected chi connectivity index (χ2v) is 9.76. The fourth-order valence-corrected chi connectivity index (χ4v) is 5.10. The number of aryl methyl sites for hydroxylation is 1. The lowest BCUT2D eigenvalue weighted by atomic mass is 9.85. The number of Topliss-reactive ketones (excluding diaryl/α,β-unsaturated/α-hetero) is 1. The van der Waals surface area contributed by atoms with Gasteiger partial charge < -0.3 is 10.0 Å². The van der Waals surface area contributed by atoms with Crippen LogP contribution in [0.3, 0.4) is 0 Å². The number of carbonyl (C=O) groups excluding carboxylic acids is 2. The van der Waals surface area contributed by atoms with Crippen molar-refractivity contribution in [3.05, 3.63) is 111 Å². The lowest BCUT2D eigenvalue weighted by Crippen LogP contribution is -2.43. The molecule has 1 aromatic heterocycles. The minimum absolute atomic E-state index is 0.00217. The number of nitrogens with zero attached hydrogens (tertiary/aromatic N) is 5. The Kier molecular flexibility index (Phi) is 7.52. The van der Waals surface area contributed by atoms with Gasteiger partial charge in [-0.3, -0.25) is 9.59 Å². The Morgan fingerprint density at radius 2 is 1.90 bits per heavy atom. The molecule has 0 spiro atoms. The monoisotopic (exact) mass is 559 g/mol. The van der Waals surface area contributed by atoms with Crippen molar-refractivity contribution in [1.29, 1.82) is 0 Å². The van der Waals surface area contributed by atoms with Crippen LogP contribution in [0.4, 0.5) is 4.39 Å². The Labute approximate surface area is 233 Å². The zero-order valence-electron chi connectivity index (χ0n) is 21.3. The van der Waals surface area contributed by atoms with Gasteiger partial charge >= 0.3 is 5.97 Å². The van der Waals surface area contributed by atoms with Crippen LogP contribution < -0.4 is 0 Å². The molecule has 0 bridgehead atoms. The first-order valence-corrected chi connectivity index (χ1v) is 12.8. The van der Waals surface area contributed by atoms with Gasteiger partial charge in [0.05, 0.1) is 16.3 Å². The fourth-order valence-electron chi connectivity index (χ4n) is 4.94. The Hall–Kier alpha value is -4.70.